The lowest BCUT2D eigenvalue weighted by Gasteiger charge is -2.15. The van der Waals surface area contributed by atoms with Gasteiger partial charge >= 0.3 is 0 Å². The van der Waals surface area contributed by atoms with Gasteiger partial charge in [-0.25, -0.2) is 4.98 Å². The average Bonchev–Trinajstić information content (AvgIpc) is 3.11. The van der Waals surface area contributed by atoms with Gasteiger partial charge in [-0.3, -0.25) is 4.79 Å². The van der Waals surface area contributed by atoms with Crippen molar-refractivity contribution in [1.82, 2.24) is 9.55 Å². The van der Waals surface area contributed by atoms with Gasteiger partial charge in [0.25, 0.3) is 0 Å². The summed E-state index contributed by atoms with van der Waals surface area (Å²) in [6, 6.07) is 13.2. The van der Waals surface area contributed by atoms with Crippen LogP contribution < -0.4 is 9.47 Å². The van der Waals surface area contributed by atoms with Crippen molar-refractivity contribution >= 4 is 28.6 Å². The summed E-state index contributed by atoms with van der Waals surface area (Å²) < 4.78 is 13.3. The zero-order valence-electron chi connectivity index (χ0n) is 18.5. The predicted molar refractivity (Wildman–Crippen MR) is 124 cm³/mol. The van der Waals surface area contributed by atoms with Crippen molar-refractivity contribution in [2.45, 2.75) is 45.0 Å². The maximum Gasteiger partial charge on any atom is 0.169 e. The van der Waals surface area contributed by atoms with E-state index in [2.05, 4.69) is 24.5 Å². The Morgan fingerprint density at radius 2 is 1.97 bits per heavy atom. The van der Waals surface area contributed by atoms with E-state index in [1.165, 1.54) is 25.8 Å². The summed E-state index contributed by atoms with van der Waals surface area (Å²) in [6.07, 6.45) is 0.385. The highest BCUT2D eigenvalue weighted by molar-refractivity contribution is 7.99. The molecule has 1 N–H and O–H groups in total. The molecule has 1 heterocycles. The molecule has 0 fully saturated rings. The third-order valence-electron chi connectivity index (χ3n) is 4.96. The fourth-order valence-electron chi connectivity index (χ4n) is 3.18. The normalized spacial score (nSPS) is 12.3. The minimum Gasteiger partial charge on any atom is -0.493 e. The highest BCUT2D eigenvalue weighted by Gasteiger charge is 2.15. The molecule has 31 heavy (non-hydrogen) atoms. The molecule has 7 heteroatoms. The molecule has 0 radical (unpaired) electrons. The number of aliphatic hydroxyl groups excluding tert-OH is 1. The van der Waals surface area contributed by atoms with Crippen LogP contribution in [0.1, 0.15) is 37.6 Å². The van der Waals surface area contributed by atoms with Gasteiger partial charge in [-0.15, -0.1) is 0 Å². The zero-order valence-corrected chi connectivity index (χ0v) is 19.3. The SMILES string of the molecule is COc1cc(C(C)=O)ccc1OCC(O)CSc1nc2ccccc2n1CCC(C)C. The van der Waals surface area contributed by atoms with E-state index in [9.17, 15) is 9.90 Å². The van der Waals surface area contributed by atoms with Gasteiger partial charge in [0.05, 0.1) is 24.2 Å². The van der Waals surface area contributed by atoms with Gasteiger partial charge in [0, 0.05) is 17.9 Å². The number of thioether (sulfide) groups is 1. The third kappa shape index (κ3) is 6.02. The molecule has 0 aliphatic rings. The van der Waals surface area contributed by atoms with Crippen molar-refractivity contribution in [3.8, 4) is 11.5 Å². The molecule has 3 rings (SSSR count). The van der Waals surface area contributed by atoms with Gasteiger partial charge in [-0.1, -0.05) is 37.7 Å². The quantitative estimate of drug-likeness (QED) is 0.339. The highest BCUT2D eigenvalue weighted by atomic mass is 32.2. The Morgan fingerprint density at radius 1 is 1.19 bits per heavy atom. The van der Waals surface area contributed by atoms with Crippen molar-refractivity contribution in [3.05, 3.63) is 48.0 Å². The average molecular weight is 443 g/mol. The van der Waals surface area contributed by atoms with E-state index in [-0.39, 0.29) is 12.4 Å². The number of rotatable bonds is 11. The van der Waals surface area contributed by atoms with Gasteiger partial charge in [0.1, 0.15) is 6.61 Å². The van der Waals surface area contributed by atoms with Crippen molar-refractivity contribution in [3.63, 3.8) is 0 Å². The maximum atomic E-state index is 11.5. The van der Waals surface area contributed by atoms with Gasteiger partial charge in [0.15, 0.2) is 22.4 Å². The highest BCUT2D eigenvalue weighted by Crippen LogP contribution is 2.29. The van der Waals surface area contributed by atoms with Crippen LogP contribution in [0.5, 0.6) is 11.5 Å². The van der Waals surface area contributed by atoms with E-state index in [4.69, 9.17) is 14.5 Å². The van der Waals surface area contributed by atoms with Crippen LogP contribution in [0.4, 0.5) is 0 Å². The number of benzene rings is 2. The molecule has 1 aromatic heterocycles. The largest absolute Gasteiger partial charge is 0.493 e. The van der Waals surface area contributed by atoms with Crippen LogP contribution in [-0.2, 0) is 6.54 Å². The molecule has 0 saturated carbocycles. The number of nitrogens with zero attached hydrogens (tertiary/aromatic N) is 2. The zero-order chi connectivity index (χ0) is 22.4. The fraction of sp³-hybridized carbons (Fsp3) is 0.417. The van der Waals surface area contributed by atoms with Crippen molar-refractivity contribution in [1.29, 1.82) is 0 Å². The molecule has 1 atom stereocenters. The van der Waals surface area contributed by atoms with Crippen LogP contribution in [0.15, 0.2) is 47.6 Å². The Labute approximate surface area is 187 Å². The third-order valence-corrected chi connectivity index (χ3v) is 6.08. The van der Waals surface area contributed by atoms with Crippen molar-refractivity contribution in [2.75, 3.05) is 19.5 Å². The number of hydrogen-bond donors (Lipinski definition) is 1. The molecular weight excluding hydrogens is 412 g/mol. The predicted octanol–water partition coefficient (Wildman–Crippen LogP) is 4.83. The Morgan fingerprint density at radius 3 is 2.68 bits per heavy atom. The number of ketones is 1. The first-order valence-corrected chi connectivity index (χ1v) is 11.5. The second kappa shape index (κ2) is 10.7. The molecule has 6 nitrogen and oxygen atoms in total. The topological polar surface area (TPSA) is 73.6 Å². The van der Waals surface area contributed by atoms with Crippen molar-refractivity contribution < 1.29 is 19.4 Å². The van der Waals surface area contributed by atoms with Crippen LogP contribution in [-0.4, -0.2) is 46.0 Å². The number of aliphatic hydroxyl groups is 1. The van der Waals surface area contributed by atoms with E-state index >= 15 is 0 Å². The molecule has 0 amide bonds. The number of fused-ring (bicyclic) bond motifs is 1. The Kier molecular flexibility index (Phi) is 7.98. The van der Waals surface area contributed by atoms with Crippen LogP contribution in [0, 0.1) is 5.92 Å². The summed E-state index contributed by atoms with van der Waals surface area (Å²) in [6.45, 7) is 6.95. The first kappa shape index (κ1) is 23.2. The molecule has 0 saturated heterocycles. The lowest BCUT2D eigenvalue weighted by molar-refractivity contribution is 0.101. The molecule has 1 unspecified atom stereocenters. The van der Waals surface area contributed by atoms with Gasteiger partial charge < -0.3 is 19.1 Å². The van der Waals surface area contributed by atoms with Gasteiger partial charge in [0.2, 0.25) is 0 Å². The minimum atomic E-state index is -0.680. The second-order valence-corrected chi connectivity index (χ2v) is 8.90. The number of aryl methyl sites for hydroxylation is 1. The number of methoxy groups -OCH3 is 1. The first-order chi connectivity index (χ1) is 14.9. The van der Waals surface area contributed by atoms with E-state index in [1.54, 1.807) is 18.2 Å². The minimum absolute atomic E-state index is 0.0401. The summed E-state index contributed by atoms with van der Waals surface area (Å²) in [5.41, 5.74) is 2.64. The number of imidazole rings is 1. The van der Waals surface area contributed by atoms with E-state index in [0.29, 0.717) is 28.7 Å². The van der Waals surface area contributed by atoms with Gasteiger partial charge in [-0.2, -0.15) is 0 Å². The first-order valence-electron chi connectivity index (χ1n) is 10.5. The Bertz CT molecular complexity index is 1030. The molecule has 166 valence electrons. The lowest BCUT2D eigenvalue weighted by Crippen LogP contribution is -2.20. The molecule has 0 bridgehead atoms. The maximum absolute atomic E-state index is 11.5. The van der Waals surface area contributed by atoms with Gasteiger partial charge in [-0.05, 0) is 49.6 Å². The Hall–Kier alpha value is -2.51. The molecule has 0 aliphatic heterocycles. The Balaban J connectivity index is 1.63. The smallest absolute Gasteiger partial charge is 0.169 e. The summed E-state index contributed by atoms with van der Waals surface area (Å²) in [7, 11) is 1.53. The number of para-hydroxylation sites is 2. The molecule has 0 aliphatic carbocycles. The summed E-state index contributed by atoms with van der Waals surface area (Å²) in [5.74, 6) is 1.99. The number of carbonyl (C=O) groups is 1. The monoisotopic (exact) mass is 442 g/mol. The molecular formula is C24H30N2O4S. The number of Topliss-reactive ketones (excluding diaryl/α,β-unsaturated/α-hetero) is 1. The molecule has 3 aromatic rings. The van der Waals surface area contributed by atoms with Crippen LogP contribution in [0.3, 0.4) is 0 Å². The number of hydrogen-bond acceptors (Lipinski definition) is 6. The summed E-state index contributed by atoms with van der Waals surface area (Å²) in [4.78, 5) is 16.3. The van der Waals surface area contributed by atoms with Crippen molar-refractivity contribution in [2.24, 2.45) is 5.92 Å². The summed E-state index contributed by atoms with van der Waals surface area (Å²) in [5, 5.41) is 11.4. The van der Waals surface area contributed by atoms with Crippen LogP contribution in [0.2, 0.25) is 0 Å². The lowest BCUT2D eigenvalue weighted by atomic mass is 10.1. The van der Waals surface area contributed by atoms with Crippen LogP contribution >= 0.6 is 11.8 Å². The summed E-state index contributed by atoms with van der Waals surface area (Å²) >= 11 is 1.53. The standard InChI is InChI=1S/C24H30N2O4S/c1-16(2)11-12-26-21-8-6-5-7-20(21)25-24(26)31-15-19(28)14-30-22-10-9-18(17(3)27)13-23(22)29-4/h5-10,13,16,19,28H,11-12,14-15H2,1-4H3. The fourth-order valence-corrected chi connectivity index (χ4v) is 4.12. The van der Waals surface area contributed by atoms with E-state index in [0.717, 1.165) is 29.2 Å². The number of aromatic nitrogens is 2. The molecule has 0 spiro atoms. The van der Waals surface area contributed by atoms with Crippen LogP contribution in [0.25, 0.3) is 11.0 Å². The van der Waals surface area contributed by atoms with E-state index < -0.39 is 6.10 Å². The number of ether oxygens (including phenoxy) is 2. The molecule has 2 aromatic carbocycles. The number of carbonyl (C=O) groups excluding carboxylic acids is 1. The second-order valence-electron chi connectivity index (χ2n) is 7.91. The van der Waals surface area contributed by atoms with E-state index in [1.807, 2.05) is 18.2 Å².